The predicted molar refractivity (Wildman–Crippen MR) is 128 cm³/mol. The molecule has 8 nitrogen and oxygen atoms in total. The largest absolute Gasteiger partial charge is 0.481 e. The van der Waals surface area contributed by atoms with Crippen molar-refractivity contribution in [1.82, 2.24) is 10.6 Å². The molecule has 0 spiro atoms. The lowest BCUT2D eigenvalue weighted by molar-refractivity contribution is -0.133. The Morgan fingerprint density at radius 2 is 1.62 bits per heavy atom. The molecule has 1 aliphatic carbocycles. The summed E-state index contributed by atoms with van der Waals surface area (Å²) < 4.78 is 11.0. The minimum absolute atomic E-state index is 0.0116. The van der Waals surface area contributed by atoms with E-state index in [0.717, 1.165) is 22.3 Å². The summed E-state index contributed by atoms with van der Waals surface area (Å²) >= 11 is 1.21. The van der Waals surface area contributed by atoms with E-state index >= 15 is 0 Å². The van der Waals surface area contributed by atoms with E-state index in [1.165, 1.54) is 17.8 Å². The minimum atomic E-state index is -0.893. The average Bonchev–Trinajstić information content (AvgIpc) is 3.44. The number of carboxylic acids is 1. The van der Waals surface area contributed by atoms with E-state index in [4.69, 9.17) is 14.3 Å². The molecule has 9 heteroatoms. The molecule has 0 atom stereocenters. The standard InChI is InChI=1S/C25H24N2O6S/c28-23(29)15-34-12-11-26-24(30)22-10-9-16(33-22)13-27-25(31)32-14-21-19-7-3-1-5-17(19)18-6-2-4-8-20(18)21/h1-10,21H,11-15H2,(H,26,30)(H,27,31)(H,28,29). The number of fused-ring (bicyclic) bond motifs is 3. The van der Waals surface area contributed by atoms with Crippen LogP contribution in [0, 0.1) is 0 Å². The van der Waals surface area contributed by atoms with E-state index in [-0.39, 0.29) is 30.6 Å². The Labute approximate surface area is 200 Å². The normalized spacial score (nSPS) is 12.0. The van der Waals surface area contributed by atoms with E-state index in [9.17, 15) is 14.4 Å². The molecule has 1 aromatic heterocycles. The summed E-state index contributed by atoms with van der Waals surface area (Å²) in [7, 11) is 0. The molecule has 0 saturated carbocycles. The van der Waals surface area contributed by atoms with Gasteiger partial charge in [0.05, 0.1) is 12.3 Å². The van der Waals surface area contributed by atoms with Crippen LogP contribution >= 0.6 is 11.8 Å². The molecule has 4 rings (SSSR count). The molecular weight excluding hydrogens is 456 g/mol. The quantitative estimate of drug-likeness (QED) is 0.377. The van der Waals surface area contributed by atoms with Gasteiger partial charge in [0.25, 0.3) is 5.91 Å². The fourth-order valence-electron chi connectivity index (χ4n) is 3.89. The maximum absolute atomic E-state index is 12.3. The Morgan fingerprint density at radius 3 is 2.29 bits per heavy atom. The highest BCUT2D eigenvalue weighted by Crippen LogP contribution is 2.44. The zero-order valence-corrected chi connectivity index (χ0v) is 19.1. The number of furan rings is 1. The van der Waals surface area contributed by atoms with Crippen LogP contribution in [-0.4, -0.2) is 47.7 Å². The molecule has 1 aliphatic rings. The maximum atomic E-state index is 12.3. The number of benzene rings is 2. The summed E-state index contributed by atoms with van der Waals surface area (Å²) in [6, 6.07) is 19.4. The third kappa shape index (κ3) is 5.60. The van der Waals surface area contributed by atoms with Gasteiger partial charge in [-0.3, -0.25) is 9.59 Å². The van der Waals surface area contributed by atoms with Crippen molar-refractivity contribution in [3.8, 4) is 11.1 Å². The number of alkyl carbamates (subject to hydrolysis) is 1. The summed E-state index contributed by atoms with van der Waals surface area (Å²) in [5, 5.41) is 13.9. The number of rotatable bonds is 10. The number of nitrogens with one attached hydrogen (secondary N) is 2. The van der Waals surface area contributed by atoms with Gasteiger partial charge in [-0.2, -0.15) is 0 Å². The summed E-state index contributed by atoms with van der Waals surface area (Å²) in [6.45, 7) is 0.620. The molecule has 0 bridgehead atoms. The number of carboxylic acid groups (broad SMARTS) is 1. The summed E-state index contributed by atoms with van der Waals surface area (Å²) in [5.41, 5.74) is 4.60. The zero-order valence-electron chi connectivity index (χ0n) is 18.3. The van der Waals surface area contributed by atoms with Gasteiger partial charge in [0.15, 0.2) is 5.76 Å². The molecule has 0 radical (unpaired) electrons. The second-order valence-corrected chi connectivity index (χ2v) is 8.75. The molecule has 2 aromatic carbocycles. The van der Waals surface area contributed by atoms with Crippen molar-refractivity contribution in [2.24, 2.45) is 0 Å². The number of ether oxygens (including phenoxy) is 1. The minimum Gasteiger partial charge on any atom is -0.481 e. The van der Waals surface area contributed by atoms with E-state index in [0.29, 0.717) is 18.1 Å². The van der Waals surface area contributed by atoms with Crippen LogP contribution in [0.15, 0.2) is 65.1 Å². The van der Waals surface area contributed by atoms with Gasteiger partial charge in [0.2, 0.25) is 0 Å². The van der Waals surface area contributed by atoms with Crippen molar-refractivity contribution in [1.29, 1.82) is 0 Å². The van der Waals surface area contributed by atoms with Crippen LogP contribution in [0.25, 0.3) is 11.1 Å². The van der Waals surface area contributed by atoms with Crippen molar-refractivity contribution in [3.63, 3.8) is 0 Å². The van der Waals surface area contributed by atoms with Gasteiger partial charge in [0.1, 0.15) is 12.4 Å². The molecule has 2 amide bonds. The smallest absolute Gasteiger partial charge is 0.407 e. The number of carbonyl (C=O) groups excluding carboxylic acids is 2. The summed E-state index contributed by atoms with van der Waals surface area (Å²) in [6.07, 6.45) is -0.570. The molecule has 0 aliphatic heterocycles. The highest BCUT2D eigenvalue weighted by atomic mass is 32.2. The van der Waals surface area contributed by atoms with Gasteiger partial charge in [-0.1, -0.05) is 48.5 Å². The van der Waals surface area contributed by atoms with E-state index in [1.54, 1.807) is 6.07 Å². The zero-order chi connectivity index (χ0) is 23.9. The lowest BCUT2D eigenvalue weighted by Gasteiger charge is -2.14. The first kappa shape index (κ1) is 23.4. The highest BCUT2D eigenvalue weighted by Gasteiger charge is 2.29. The number of amides is 2. The lowest BCUT2D eigenvalue weighted by Crippen LogP contribution is -2.26. The van der Waals surface area contributed by atoms with Crippen LogP contribution in [0.5, 0.6) is 0 Å². The fraction of sp³-hybridized carbons (Fsp3) is 0.240. The third-order valence-electron chi connectivity index (χ3n) is 5.39. The molecule has 34 heavy (non-hydrogen) atoms. The van der Waals surface area contributed by atoms with Crippen molar-refractivity contribution in [3.05, 3.63) is 83.3 Å². The van der Waals surface area contributed by atoms with Crippen molar-refractivity contribution >= 4 is 29.7 Å². The van der Waals surface area contributed by atoms with Crippen LogP contribution in [0.1, 0.15) is 33.4 Å². The van der Waals surface area contributed by atoms with Crippen molar-refractivity contribution in [2.75, 3.05) is 24.7 Å². The second kappa shape index (κ2) is 10.9. The van der Waals surface area contributed by atoms with Crippen molar-refractivity contribution < 1.29 is 28.6 Å². The van der Waals surface area contributed by atoms with Gasteiger partial charge in [-0.05, 0) is 34.4 Å². The van der Waals surface area contributed by atoms with Gasteiger partial charge in [-0.25, -0.2) is 4.79 Å². The van der Waals surface area contributed by atoms with Gasteiger partial charge in [-0.15, -0.1) is 11.8 Å². The molecule has 3 aromatic rings. The Morgan fingerprint density at radius 1 is 0.941 bits per heavy atom. The van der Waals surface area contributed by atoms with Crippen LogP contribution in [0.2, 0.25) is 0 Å². The molecular formula is C25H24N2O6S. The first-order chi connectivity index (χ1) is 16.5. The predicted octanol–water partition coefficient (Wildman–Crippen LogP) is 3.87. The van der Waals surface area contributed by atoms with Gasteiger partial charge >= 0.3 is 12.1 Å². The van der Waals surface area contributed by atoms with Crippen LogP contribution in [-0.2, 0) is 16.1 Å². The lowest BCUT2D eigenvalue weighted by atomic mass is 9.98. The summed E-state index contributed by atoms with van der Waals surface area (Å²) in [4.78, 5) is 34.9. The fourth-order valence-corrected chi connectivity index (χ4v) is 4.45. The topological polar surface area (TPSA) is 118 Å². The van der Waals surface area contributed by atoms with Crippen LogP contribution < -0.4 is 10.6 Å². The maximum Gasteiger partial charge on any atom is 0.407 e. The number of aliphatic carboxylic acids is 1. The molecule has 0 saturated heterocycles. The number of thioether (sulfide) groups is 1. The molecule has 0 fully saturated rings. The molecule has 1 heterocycles. The van der Waals surface area contributed by atoms with E-state index < -0.39 is 18.0 Å². The van der Waals surface area contributed by atoms with Gasteiger partial charge < -0.3 is 24.9 Å². The Kier molecular flexibility index (Phi) is 7.54. The second-order valence-electron chi connectivity index (χ2n) is 7.65. The SMILES string of the molecule is O=C(O)CSCCNC(=O)c1ccc(CNC(=O)OCC2c3ccccc3-c3ccccc32)o1. The number of carbonyl (C=O) groups is 3. The first-order valence-corrected chi connectivity index (χ1v) is 11.9. The van der Waals surface area contributed by atoms with Crippen molar-refractivity contribution in [2.45, 2.75) is 12.5 Å². The van der Waals surface area contributed by atoms with E-state index in [1.807, 2.05) is 24.3 Å². The molecule has 176 valence electrons. The monoisotopic (exact) mass is 480 g/mol. The highest BCUT2D eigenvalue weighted by molar-refractivity contribution is 7.99. The van der Waals surface area contributed by atoms with Crippen LogP contribution in [0.4, 0.5) is 4.79 Å². The Hall–Kier alpha value is -3.72. The van der Waals surface area contributed by atoms with E-state index in [2.05, 4.69) is 34.9 Å². The van der Waals surface area contributed by atoms with Crippen LogP contribution in [0.3, 0.4) is 0 Å². The number of hydrogen-bond acceptors (Lipinski definition) is 6. The summed E-state index contributed by atoms with van der Waals surface area (Å²) in [5.74, 6) is -0.312. The average molecular weight is 481 g/mol. The third-order valence-corrected chi connectivity index (χ3v) is 6.34. The first-order valence-electron chi connectivity index (χ1n) is 10.8. The molecule has 0 unspecified atom stereocenters. The van der Waals surface area contributed by atoms with Gasteiger partial charge in [0, 0.05) is 18.2 Å². The Balaban J connectivity index is 1.24. The Bertz CT molecular complexity index is 1150. The number of hydrogen-bond donors (Lipinski definition) is 3. The molecule has 3 N–H and O–H groups in total.